The fourth-order valence-corrected chi connectivity index (χ4v) is 1.52. The summed E-state index contributed by atoms with van der Waals surface area (Å²) in [6.07, 6.45) is 2.00. The van der Waals surface area contributed by atoms with Gasteiger partial charge < -0.3 is 14.8 Å². The Morgan fingerprint density at radius 3 is 2.71 bits per heavy atom. The summed E-state index contributed by atoms with van der Waals surface area (Å²) in [5.41, 5.74) is 1.39. The van der Waals surface area contributed by atoms with E-state index in [9.17, 15) is 4.79 Å². The number of aryl methyl sites for hydroxylation is 2. The second-order valence-corrected chi connectivity index (χ2v) is 3.63. The minimum Gasteiger partial charge on any atom is -0.354 e. The van der Waals surface area contributed by atoms with E-state index >= 15 is 0 Å². The number of rotatable bonds is 6. The SMILES string of the molecule is CCc1nn(C)cc1C(=O)NCC(OC)OC. The van der Waals surface area contributed by atoms with Crippen LogP contribution in [-0.2, 0) is 22.9 Å². The number of carbonyl (C=O) groups excluding carboxylic acids is 1. The number of carbonyl (C=O) groups is 1. The molecule has 6 nitrogen and oxygen atoms in total. The Balaban J connectivity index is 2.63. The van der Waals surface area contributed by atoms with E-state index < -0.39 is 6.29 Å². The first kappa shape index (κ1) is 13.7. The fourth-order valence-electron chi connectivity index (χ4n) is 1.52. The van der Waals surface area contributed by atoms with E-state index in [1.54, 1.807) is 17.9 Å². The first-order valence-corrected chi connectivity index (χ1v) is 5.48. The van der Waals surface area contributed by atoms with Crippen LogP contribution in [0.2, 0.25) is 0 Å². The molecule has 0 aliphatic heterocycles. The van der Waals surface area contributed by atoms with Gasteiger partial charge in [0.15, 0.2) is 6.29 Å². The molecule has 0 aromatic carbocycles. The van der Waals surface area contributed by atoms with E-state index in [1.807, 2.05) is 6.92 Å². The van der Waals surface area contributed by atoms with Crippen LogP contribution in [-0.4, -0.2) is 42.7 Å². The molecule has 1 aromatic heterocycles. The average Bonchev–Trinajstić information content (AvgIpc) is 2.71. The Kier molecular flexibility index (Phi) is 5.11. The Bertz CT molecular complexity index is 372. The third kappa shape index (κ3) is 3.54. The van der Waals surface area contributed by atoms with Gasteiger partial charge in [0.2, 0.25) is 0 Å². The van der Waals surface area contributed by atoms with Crippen molar-refractivity contribution < 1.29 is 14.3 Å². The first-order chi connectivity index (χ1) is 8.12. The van der Waals surface area contributed by atoms with Crippen molar-refractivity contribution in [1.29, 1.82) is 0 Å². The highest BCUT2D eigenvalue weighted by molar-refractivity contribution is 5.95. The van der Waals surface area contributed by atoms with Gasteiger partial charge in [0.25, 0.3) is 5.91 Å². The third-order valence-corrected chi connectivity index (χ3v) is 2.44. The van der Waals surface area contributed by atoms with Gasteiger partial charge in [-0.15, -0.1) is 0 Å². The molecular weight excluding hydrogens is 222 g/mol. The van der Waals surface area contributed by atoms with Crippen LogP contribution in [0.25, 0.3) is 0 Å². The van der Waals surface area contributed by atoms with Gasteiger partial charge in [-0.05, 0) is 6.42 Å². The lowest BCUT2D eigenvalue weighted by molar-refractivity contribution is -0.0974. The van der Waals surface area contributed by atoms with Gasteiger partial charge in [0.05, 0.1) is 17.8 Å². The van der Waals surface area contributed by atoms with E-state index in [2.05, 4.69) is 10.4 Å². The second kappa shape index (κ2) is 6.36. The highest BCUT2D eigenvalue weighted by atomic mass is 16.7. The minimum atomic E-state index is -0.430. The lowest BCUT2D eigenvalue weighted by atomic mass is 10.2. The topological polar surface area (TPSA) is 65.4 Å². The monoisotopic (exact) mass is 241 g/mol. The predicted molar refractivity (Wildman–Crippen MR) is 62.7 cm³/mol. The maximum absolute atomic E-state index is 11.9. The summed E-state index contributed by atoms with van der Waals surface area (Å²) in [4.78, 5) is 11.9. The summed E-state index contributed by atoms with van der Waals surface area (Å²) in [6.45, 7) is 2.27. The quantitative estimate of drug-likeness (QED) is 0.729. The molecule has 1 rings (SSSR count). The van der Waals surface area contributed by atoms with Gasteiger partial charge in [-0.3, -0.25) is 9.48 Å². The van der Waals surface area contributed by atoms with E-state index in [-0.39, 0.29) is 5.91 Å². The van der Waals surface area contributed by atoms with Crippen LogP contribution in [0, 0.1) is 0 Å². The summed E-state index contributed by atoms with van der Waals surface area (Å²) in [6, 6.07) is 0. The number of amides is 1. The van der Waals surface area contributed by atoms with Crippen molar-refractivity contribution in [2.45, 2.75) is 19.6 Å². The van der Waals surface area contributed by atoms with Crippen LogP contribution in [0.3, 0.4) is 0 Å². The molecule has 96 valence electrons. The molecule has 0 saturated heterocycles. The molecule has 6 heteroatoms. The van der Waals surface area contributed by atoms with Gasteiger partial charge in [0.1, 0.15) is 0 Å². The Morgan fingerprint density at radius 1 is 1.53 bits per heavy atom. The van der Waals surface area contributed by atoms with E-state index in [0.29, 0.717) is 12.1 Å². The van der Waals surface area contributed by atoms with Gasteiger partial charge in [-0.2, -0.15) is 5.10 Å². The maximum Gasteiger partial charge on any atom is 0.254 e. The number of nitrogens with one attached hydrogen (secondary N) is 1. The molecule has 0 aliphatic rings. The third-order valence-electron chi connectivity index (χ3n) is 2.44. The van der Waals surface area contributed by atoms with Gasteiger partial charge in [0, 0.05) is 27.5 Å². The molecule has 0 fully saturated rings. The summed E-state index contributed by atoms with van der Waals surface area (Å²) in [7, 11) is 4.85. The lowest BCUT2D eigenvalue weighted by Gasteiger charge is -2.13. The van der Waals surface area contributed by atoms with Crippen LogP contribution in [0.15, 0.2) is 6.20 Å². The van der Waals surface area contributed by atoms with Gasteiger partial charge in [-0.25, -0.2) is 0 Å². The summed E-state index contributed by atoms with van der Waals surface area (Å²) in [5, 5.41) is 6.96. The van der Waals surface area contributed by atoms with Crippen LogP contribution < -0.4 is 5.32 Å². The van der Waals surface area contributed by atoms with E-state index in [4.69, 9.17) is 9.47 Å². The largest absolute Gasteiger partial charge is 0.354 e. The predicted octanol–water partition coefficient (Wildman–Crippen LogP) is 0.331. The number of methoxy groups -OCH3 is 2. The van der Waals surface area contributed by atoms with Gasteiger partial charge >= 0.3 is 0 Å². The molecule has 0 saturated carbocycles. The molecular formula is C11H19N3O3. The second-order valence-electron chi connectivity index (χ2n) is 3.63. The van der Waals surface area contributed by atoms with E-state index in [0.717, 1.165) is 12.1 Å². The maximum atomic E-state index is 11.9. The number of nitrogens with zero attached hydrogens (tertiary/aromatic N) is 2. The van der Waals surface area contributed by atoms with E-state index in [1.165, 1.54) is 14.2 Å². The molecule has 17 heavy (non-hydrogen) atoms. The number of aromatic nitrogens is 2. The van der Waals surface area contributed by atoms with Crippen molar-refractivity contribution in [3.05, 3.63) is 17.5 Å². The summed E-state index contributed by atoms with van der Waals surface area (Å²) >= 11 is 0. The van der Waals surface area contributed by atoms with Crippen molar-refractivity contribution in [3.8, 4) is 0 Å². The molecule has 1 amide bonds. The molecule has 0 spiro atoms. The standard InChI is InChI=1S/C11H19N3O3/c1-5-9-8(7-14(2)13-9)11(15)12-6-10(16-3)17-4/h7,10H,5-6H2,1-4H3,(H,12,15). The highest BCUT2D eigenvalue weighted by Gasteiger charge is 2.15. The van der Waals surface area contributed by atoms with Crippen LogP contribution in [0.1, 0.15) is 23.0 Å². The van der Waals surface area contributed by atoms with Crippen molar-refractivity contribution in [2.75, 3.05) is 20.8 Å². The smallest absolute Gasteiger partial charge is 0.254 e. The van der Waals surface area contributed by atoms with Crippen molar-refractivity contribution in [3.63, 3.8) is 0 Å². The van der Waals surface area contributed by atoms with Crippen molar-refractivity contribution in [1.82, 2.24) is 15.1 Å². The molecule has 0 bridgehead atoms. The first-order valence-electron chi connectivity index (χ1n) is 5.48. The number of hydrogen-bond donors (Lipinski definition) is 1. The van der Waals surface area contributed by atoms with Crippen molar-refractivity contribution in [2.24, 2.45) is 7.05 Å². The normalized spacial score (nSPS) is 10.9. The van der Waals surface area contributed by atoms with Crippen LogP contribution >= 0.6 is 0 Å². The summed E-state index contributed by atoms with van der Waals surface area (Å²) in [5.74, 6) is -0.158. The molecule has 0 aliphatic carbocycles. The number of ether oxygens (including phenoxy) is 2. The molecule has 1 N–H and O–H groups in total. The number of hydrogen-bond acceptors (Lipinski definition) is 4. The average molecular weight is 241 g/mol. The molecule has 1 heterocycles. The summed E-state index contributed by atoms with van der Waals surface area (Å²) < 4.78 is 11.6. The molecule has 1 aromatic rings. The van der Waals surface area contributed by atoms with Crippen molar-refractivity contribution >= 4 is 5.91 Å². The zero-order valence-corrected chi connectivity index (χ0v) is 10.7. The van der Waals surface area contributed by atoms with Crippen LogP contribution in [0.5, 0.6) is 0 Å². The minimum absolute atomic E-state index is 0.158. The Morgan fingerprint density at radius 2 is 2.18 bits per heavy atom. The Hall–Kier alpha value is -1.40. The molecule has 0 unspecified atom stereocenters. The lowest BCUT2D eigenvalue weighted by Crippen LogP contribution is -2.34. The zero-order valence-electron chi connectivity index (χ0n) is 10.7. The highest BCUT2D eigenvalue weighted by Crippen LogP contribution is 2.06. The van der Waals surface area contributed by atoms with Gasteiger partial charge in [-0.1, -0.05) is 6.92 Å². The molecule has 0 radical (unpaired) electrons. The zero-order chi connectivity index (χ0) is 12.8. The van der Waals surface area contributed by atoms with Crippen LogP contribution in [0.4, 0.5) is 0 Å². The molecule has 0 atom stereocenters. The fraction of sp³-hybridized carbons (Fsp3) is 0.636. The Labute approximate surface area is 101 Å².